The Morgan fingerprint density at radius 2 is 2.35 bits per heavy atom. The number of aromatic nitrogens is 1. The number of anilines is 2. The molecule has 0 aromatic carbocycles. The number of hydrogen-bond acceptors (Lipinski definition) is 4. The van der Waals surface area contributed by atoms with Gasteiger partial charge in [0.2, 0.25) is 0 Å². The molecule has 0 unspecified atom stereocenters. The number of rotatable bonds is 3. The maximum absolute atomic E-state index is 5.71. The van der Waals surface area contributed by atoms with Crippen LogP contribution in [0.3, 0.4) is 0 Å². The minimum Gasteiger partial charge on any atom is -0.397 e. The van der Waals surface area contributed by atoms with Crippen LogP contribution in [0.15, 0.2) is 23.9 Å². The first-order chi connectivity index (χ1) is 8.20. The summed E-state index contributed by atoms with van der Waals surface area (Å²) in [5.74, 6) is 1.03. The molecule has 0 aliphatic carbocycles. The van der Waals surface area contributed by atoms with Gasteiger partial charge in [0.15, 0.2) is 0 Å². The lowest BCUT2D eigenvalue weighted by molar-refractivity contribution is 0.222. The van der Waals surface area contributed by atoms with Gasteiger partial charge in [-0.1, -0.05) is 6.08 Å². The van der Waals surface area contributed by atoms with Gasteiger partial charge in [0.05, 0.1) is 18.5 Å². The average molecular weight is 233 g/mol. The molecule has 4 heteroatoms. The molecule has 1 aliphatic heterocycles. The number of pyridine rings is 1. The Bertz CT molecular complexity index is 429. The highest BCUT2D eigenvalue weighted by molar-refractivity contribution is 5.53. The Balaban J connectivity index is 2.10. The van der Waals surface area contributed by atoms with Crippen molar-refractivity contribution in [2.75, 3.05) is 37.4 Å². The SMILES string of the molecule is COCC1=CCN(c2ncc(N)cc2C)CC1. The van der Waals surface area contributed by atoms with Gasteiger partial charge in [-0.15, -0.1) is 0 Å². The molecule has 4 nitrogen and oxygen atoms in total. The van der Waals surface area contributed by atoms with Gasteiger partial charge in [0, 0.05) is 20.2 Å². The lowest BCUT2D eigenvalue weighted by Gasteiger charge is -2.28. The van der Waals surface area contributed by atoms with Crippen molar-refractivity contribution in [3.63, 3.8) is 0 Å². The van der Waals surface area contributed by atoms with E-state index in [2.05, 4.69) is 16.0 Å². The van der Waals surface area contributed by atoms with Crippen LogP contribution in [-0.4, -0.2) is 31.8 Å². The lowest BCUT2D eigenvalue weighted by atomic mass is 10.1. The minimum absolute atomic E-state index is 0.721. The van der Waals surface area contributed by atoms with Gasteiger partial charge in [0.25, 0.3) is 0 Å². The van der Waals surface area contributed by atoms with Crippen molar-refractivity contribution < 1.29 is 4.74 Å². The molecule has 2 N–H and O–H groups in total. The zero-order valence-corrected chi connectivity index (χ0v) is 10.4. The van der Waals surface area contributed by atoms with Crippen molar-refractivity contribution in [3.05, 3.63) is 29.5 Å². The lowest BCUT2D eigenvalue weighted by Crippen LogP contribution is -2.30. The Morgan fingerprint density at radius 1 is 1.53 bits per heavy atom. The number of hydrogen-bond donors (Lipinski definition) is 1. The fraction of sp³-hybridized carbons (Fsp3) is 0.462. The van der Waals surface area contributed by atoms with Crippen molar-refractivity contribution in [3.8, 4) is 0 Å². The Labute approximate surface area is 102 Å². The molecule has 1 aromatic heterocycles. The first kappa shape index (κ1) is 11.9. The molecule has 2 heterocycles. The van der Waals surface area contributed by atoms with E-state index >= 15 is 0 Å². The van der Waals surface area contributed by atoms with Crippen LogP contribution in [-0.2, 0) is 4.74 Å². The molecule has 2 rings (SSSR count). The smallest absolute Gasteiger partial charge is 0.131 e. The van der Waals surface area contributed by atoms with Crippen molar-refractivity contribution in [1.29, 1.82) is 0 Å². The van der Waals surface area contributed by atoms with Crippen molar-refractivity contribution in [1.82, 2.24) is 4.98 Å². The third-order valence-electron chi connectivity index (χ3n) is 3.00. The number of nitrogens with two attached hydrogens (primary N) is 1. The van der Waals surface area contributed by atoms with E-state index in [9.17, 15) is 0 Å². The van der Waals surface area contributed by atoms with Crippen molar-refractivity contribution in [2.45, 2.75) is 13.3 Å². The highest BCUT2D eigenvalue weighted by Crippen LogP contribution is 2.22. The highest BCUT2D eigenvalue weighted by atomic mass is 16.5. The number of ether oxygens (including phenoxy) is 1. The maximum atomic E-state index is 5.71. The molecular weight excluding hydrogens is 214 g/mol. The summed E-state index contributed by atoms with van der Waals surface area (Å²) in [6, 6.07) is 1.97. The molecule has 92 valence electrons. The molecule has 1 aromatic rings. The van der Waals surface area contributed by atoms with E-state index in [1.54, 1.807) is 13.3 Å². The summed E-state index contributed by atoms with van der Waals surface area (Å²) in [5, 5.41) is 0. The molecule has 0 saturated carbocycles. The summed E-state index contributed by atoms with van der Waals surface area (Å²) in [4.78, 5) is 6.68. The van der Waals surface area contributed by atoms with Gasteiger partial charge in [-0.3, -0.25) is 0 Å². The van der Waals surface area contributed by atoms with Crippen LogP contribution in [0.4, 0.5) is 11.5 Å². The molecule has 1 aliphatic rings. The van der Waals surface area contributed by atoms with Crippen LogP contribution in [0.25, 0.3) is 0 Å². The van der Waals surface area contributed by atoms with Crippen LogP contribution in [0.1, 0.15) is 12.0 Å². The minimum atomic E-state index is 0.721. The Morgan fingerprint density at radius 3 is 2.94 bits per heavy atom. The fourth-order valence-electron chi connectivity index (χ4n) is 2.14. The van der Waals surface area contributed by atoms with E-state index in [4.69, 9.17) is 10.5 Å². The zero-order valence-electron chi connectivity index (χ0n) is 10.4. The quantitative estimate of drug-likeness (QED) is 0.808. The second-order valence-corrected chi connectivity index (χ2v) is 4.40. The van der Waals surface area contributed by atoms with E-state index in [0.29, 0.717) is 0 Å². The third-order valence-corrected chi connectivity index (χ3v) is 3.00. The number of nitrogen functional groups attached to an aromatic ring is 1. The van der Waals surface area contributed by atoms with Gasteiger partial charge >= 0.3 is 0 Å². The number of nitrogens with zero attached hydrogens (tertiary/aromatic N) is 2. The Hall–Kier alpha value is -1.55. The van der Waals surface area contributed by atoms with Gasteiger partial charge in [-0.2, -0.15) is 0 Å². The first-order valence-corrected chi connectivity index (χ1v) is 5.84. The zero-order chi connectivity index (χ0) is 12.3. The number of aryl methyl sites for hydroxylation is 1. The van der Waals surface area contributed by atoms with Crippen molar-refractivity contribution in [2.24, 2.45) is 0 Å². The van der Waals surface area contributed by atoms with Crippen molar-refractivity contribution >= 4 is 11.5 Å². The van der Waals surface area contributed by atoms with Crippen LogP contribution in [0.5, 0.6) is 0 Å². The van der Waals surface area contributed by atoms with Crippen LogP contribution in [0, 0.1) is 6.92 Å². The largest absolute Gasteiger partial charge is 0.397 e. The van der Waals surface area contributed by atoms with E-state index < -0.39 is 0 Å². The van der Waals surface area contributed by atoms with E-state index in [1.165, 1.54) is 5.57 Å². The van der Waals surface area contributed by atoms with E-state index in [0.717, 1.165) is 43.2 Å². The summed E-state index contributed by atoms with van der Waals surface area (Å²) < 4.78 is 5.14. The summed E-state index contributed by atoms with van der Waals surface area (Å²) >= 11 is 0. The predicted octanol–water partition coefficient (Wildman–Crippen LogP) is 1.76. The van der Waals surface area contributed by atoms with Crippen LogP contribution < -0.4 is 10.6 Å². The second kappa shape index (κ2) is 5.19. The second-order valence-electron chi connectivity index (χ2n) is 4.40. The van der Waals surface area contributed by atoms with Gasteiger partial charge < -0.3 is 15.4 Å². The summed E-state index contributed by atoms with van der Waals surface area (Å²) in [6.45, 7) is 4.68. The normalized spacial score (nSPS) is 15.9. The van der Waals surface area contributed by atoms with Crippen LogP contribution in [0.2, 0.25) is 0 Å². The summed E-state index contributed by atoms with van der Waals surface area (Å²) in [5.41, 5.74) is 8.94. The van der Waals surface area contributed by atoms with Gasteiger partial charge in [-0.05, 0) is 30.5 Å². The summed E-state index contributed by atoms with van der Waals surface area (Å²) in [7, 11) is 1.74. The highest BCUT2D eigenvalue weighted by Gasteiger charge is 2.14. The van der Waals surface area contributed by atoms with E-state index in [-0.39, 0.29) is 0 Å². The first-order valence-electron chi connectivity index (χ1n) is 5.84. The van der Waals surface area contributed by atoms with Gasteiger partial charge in [0.1, 0.15) is 5.82 Å². The fourth-order valence-corrected chi connectivity index (χ4v) is 2.14. The molecule has 0 saturated heterocycles. The average Bonchev–Trinajstić information content (AvgIpc) is 2.31. The van der Waals surface area contributed by atoms with Crippen LogP contribution >= 0.6 is 0 Å². The summed E-state index contributed by atoms with van der Waals surface area (Å²) in [6.07, 6.45) is 4.99. The topological polar surface area (TPSA) is 51.4 Å². The maximum Gasteiger partial charge on any atom is 0.131 e. The number of methoxy groups -OCH3 is 1. The molecule has 0 bridgehead atoms. The standard InChI is InChI=1S/C13H19N3O/c1-10-7-12(14)8-15-13(10)16-5-3-11(4-6-16)9-17-2/h3,7-8H,4-6,9,14H2,1-2H3. The third kappa shape index (κ3) is 2.77. The molecule has 0 amide bonds. The molecular formula is C13H19N3O. The predicted molar refractivity (Wildman–Crippen MR) is 70.2 cm³/mol. The monoisotopic (exact) mass is 233 g/mol. The Kier molecular flexibility index (Phi) is 3.64. The molecule has 0 spiro atoms. The van der Waals surface area contributed by atoms with Gasteiger partial charge in [-0.25, -0.2) is 4.98 Å². The molecule has 0 atom stereocenters. The van der Waals surface area contributed by atoms with E-state index in [1.807, 2.05) is 13.0 Å². The molecule has 0 fully saturated rings. The molecule has 0 radical (unpaired) electrons. The molecule has 17 heavy (non-hydrogen) atoms.